The number of aryl methyl sites for hydroxylation is 4. The van der Waals surface area contributed by atoms with E-state index in [1.54, 1.807) is 13.0 Å². The van der Waals surface area contributed by atoms with Gasteiger partial charge in [-0.3, -0.25) is 9.59 Å². The van der Waals surface area contributed by atoms with E-state index in [0.29, 0.717) is 31.3 Å². The number of benzene rings is 3. The van der Waals surface area contributed by atoms with Gasteiger partial charge in [0, 0.05) is 18.3 Å². The summed E-state index contributed by atoms with van der Waals surface area (Å²) in [7, 11) is 0. The van der Waals surface area contributed by atoms with E-state index in [0.717, 1.165) is 35.1 Å². The number of halogens is 1. The highest BCUT2D eigenvalue weighted by Gasteiger charge is 2.30. The lowest BCUT2D eigenvalue weighted by Gasteiger charge is -2.21. The smallest absolute Gasteiger partial charge is 0.173 e. The second-order valence-electron chi connectivity index (χ2n) is 12.1. The molecule has 2 aliphatic carbocycles. The molecule has 2 atom stereocenters. The summed E-state index contributed by atoms with van der Waals surface area (Å²) in [5.41, 5.74) is 10.9. The molecule has 0 amide bonds. The van der Waals surface area contributed by atoms with E-state index in [1.807, 2.05) is 24.0 Å². The van der Waals surface area contributed by atoms with Gasteiger partial charge in [-0.1, -0.05) is 108 Å². The fourth-order valence-corrected chi connectivity index (χ4v) is 6.17. The van der Waals surface area contributed by atoms with Crippen LogP contribution in [0.2, 0.25) is 0 Å². The molecule has 0 spiro atoms. The SMILES string of the molecule is CC(=O)CCc1cc(CC(C)C(=O)C2=CC=CC(Cc3ccc(C)c(C)c3)C2=O)cc(C2=CCCc3ccccc32)c1.CI. The molecule has 2 unspecified atom stereocenters. The molecule has 4 heteroatoms. The highest BCUT2D eigenvalue weighted by molar-refractivity contribution is 14.1. The molecule has 0 saturated carbocycles. The topological polar surface area (TPSA) is 51.2 Å². The Labute approximate surface area is 276 Å². The first-order valence-corrected chi connectivity index (χ1v) is 17.7. The van der Waals surface area contributed by atoms with Crippen LogP contribution in [-0.4, -0.2) is 22.3 Å². The van der Waals surface area contributed by atoms with Crippen molar-refractivity contribution < 1.29 is 14.4 Å². The van der Waals surface area contributed by atoms with Crippen LogP contribution in [0.3, 0.4) is 0 Å². The van der Waals surface area contributed by atoms with Crippen LogP contribution in [0, 0.1) is 25.7 Å². The predicted molar refractivity (Wildman–Crippen MR) is 190 cm³/mol. The van der Waals surface area contributed by atoms with E-state index in [2.05, 4.69) is 103 Å². The van der Waals surface area contributed by atoms with Crippen molar-refractivity contribution in [2.75, 3.05) is 4.93 Å². The van der Waals surface area contributed by atoms with E-state index >= 15 is 0 Å². The van der Waals surface area contributed by atoms with Gasteiger partial charge in [0.25, 0.3) is 0 Å². The first kappa shape index (κ1) is 33.5. The fraction of sp³-hybridized carbons (Fsp3) is 0.325. The van der Waals surface area contributed by atoms with E-state index in [4.69, 9.17) is 0 Å². The highest BCUT2D eigenvalue weighted by atomic mass is 127. The molecule has 0 aliphatic heterocycles. The molecule has 0 N–H and O–H groups in total. The lowest BCUT2D eigenvalue weighted by molar-refractivity contribution is -0.124. The number of alkyl halides is 1. The summed E-state index contributed by atoms with van der Waals surface area (Å²) in [6, 6.07) is 21.4. The molecular formula is C40H43IO3. The molecular weight excluding hydrogens is 655 g/mol. The number of allylic oxidation sites excluding steroid dienone is 5. The van der Waals surface area contributed by atoms with Crippen molar-refractivity contribution in [2.24, 2.45) is 11.8 Å². The van der Waals surface area contributed by atoms with Crippen molar-refractivity contribution in [3.05, 3.63) is 135 Å². The minimum Gasteiger partial charge on any atom is -0.300 e. The molecule has 0 fully saturated rings. The lowest BCUT2D eigenvalue weighted by atomic mass is 9.81. The van der Waals surface area contributed by atoms with Crippen LogP contribution in [-0.2, 0) is 40.1 Å². The molecule has 0 saturated heterocycles. The Balaban J connectivity index is 0.00000216. The second kappa shape index (κ2) is 15.6. The number of carbonyl (C=O) groups excluding carboxylic acids is 3. The van der Waals surface area contributed by atoms with Crippen molar-refractivity contribution >= 4 is 45.5 Å². The maximum Gasteiger partial charge on any atom is 0.173 e. The minimum absolute atomic E-state index is 0.0903. The molecule has 228 valence electrons. The molecule has 0 heterocycles. The quantitative estimate of drug-likeness (QED) is 0.121. The van der Waals surface area contributed by atoms with Gasteiger partial charge in [0.1, 0.15) is 5.78 Å². The van der Waals surface area contributed by atoms with Crippen molar-refractivity contribution in [3.8, 4) is 0 Å². The summed E-state index contributed by atoms with van der Waals surface area (Å²) in [5, 5.41) is 0. The van der Waals surface area contributed by atoms with Crippen LogP contribution in [0.15, 0.2) is 90.5 Å². The lowest BCUT2D eigenvalue weighted by Crippen LogP contribution is -2.28. The Morgan fingerprint density at radius 3 is 2.43 bits per heavy atom. The average Bonchev–Trinajstić information content (AvgIpc) is 3.03. The number of Topliss-reactive ketones (excluding diaryl/α,β-unsaturated/α-hetero) is 3. The molecule has 0 bridgehead atoms. The predicted octanol–water partition coefficient (Wildman–Crippen LogP) is 8.93. The zero-order valence-corrected chi connectivity index (χ0v) is 28.7. The molecule has 3 aromatic carbocycles. The first-order valence-electron chi connectivity index (χ1n) is 15.5. The molecule has 0 radical (unpaired) electrons. The van der Waals surface area contributed by atoms with Gasteiger partial charge in [-0.2, -0.15) is 0 Å². The maximum atomic E-state index is 13.7. The summed E-state index contributed by atoms with van der Waals surface area (Å²) >= 11 is 2.15. The number of carbonyl (C=O) groups is 3. The third kappa shape index (κ3) is 8.20. The number of hydrogen-bond acceptors (Lipinski definition) is 3. The molecule has 3 nitrogen and oxygen atoms in total. The number of fused-ring (bicyclic) bond motifs is 1. The van der Waals surface area contributed by atoms with Gasteiger partial charge in [0.2, 0.25) is 0 Å². The summed E-state index contributed by atoms with van der Waals surface area (Å²) in [6.45, 7) is 7.71. The van der Waals surface area contributed by atoms with Gasteiger partial charge in [-0.15, -0.1) is 0 Å². The Morgan fingerprint density at radius 2 is 1.68 bits per heavy atom. The molecule has 0 aromatic heterocycles. The zero-order valence-electron chi connectivity index (χ0n) is 26.6. The van der Waals surface area contributed by atoms with Gasteiger partial charge in [0.15, 0.2) is 11.6 Å². The Morgan fingerprint density at radius 1 is 0.932 bits per heavy atom. The van der Waals surface area contributed by atoms with Crippen LogP contribution >= 0.6 is 22.6 Å². The Hall–Kier alpha value is -3.38. The normalized spacial score (nSPS) is 16.2. The standard InChI is InChI=1S/C39H40O3.CH3I/c1-25-15-17-29(19-26(25)2)22-33-11-8-14-37(39(33)42)38(41)27(3)20-31-21-30(18-16-28(4)40)23-34(24-31)36-13-7-10-32-9-5-6-12-35(32)36;1-2/h5-6,8-9,11-15,17,19,21,23-24,27,33H,7,10,16,18,20,22H2,1-4H3;1H3. The monoisotopic (exact) mass is 698 g/mol. The van der Waals surface area contributed by atoms with Crippen LogP contribution in [0.1, 0.15) is 71.2 Å². The third-order valence-corrected chi connectivity index (χ3v) is 8.69. The average molecular weight is 699 g/mol. The zero-order chi connectivity index (χ0) is 31.8. The highest BCUT2D eigenvalue weighted by Crippen LogP contribution is 2.33. The largest absolute Gasteiger partial charge is 0.300 e. The second-order valence-corrected chi connectivity index (χ2v) is 12.1. The number of rotatable bonds is 10. The Bertz CT molecular complexity index is 1640. The molecule has 5 rings (SSSR count). The Kier molecular flexibility index (Phi) is 11.9. The van der Waals surface area contributed by atoms with Crippen LogP contribution in [0.5, 0.6) is 0 Å². The van der Waals surface area contributed by atoms with Gasteiger partial charge < -0.3 is 4.79 Å². The van der Waals surface area contributed by atoms with Gasteiger partial charge in [-0.05, 0) is 114 Å². The third-order valence-electron chi connectivity index (χ3n) is 8.69. The number of hydrogen-bond donors (Lipinski definition) is 0. The van der Waals surface area contributed by atoms with Gasteiger partial charge in [-0.25, -0.2) is 0 Å². The molecule has 44 heavy (non-hydrogen) atoms. The minimum atomic E-state index is -0.350. The van der Waals surface area contributed by atoms with Crippen molar-refractivity contribution in [2.45, 2.75) is 66.2 Å². The molecule has 2 aliphatic rings. The molecule has 3 aromatic rings. The summed E-state index contributed by atoms with van der Waals surface area (Å²) < 4.78 is 0. The maximum absolute atomic E-state index is 13.7. The van der Waals surface area contributed by atoms with E-state index in [1.165, 1.54) is 27.8 Å². The van der Waals surface area contributed by atoms with E-state index < -0.39 is 0 Å². The van der Waals surface area contributed by atoms with Crippen LogP contribution < -0.4 is 0 Å². The summed E-state index contributed by atoms with van der Waals surface area (Å²) in [5.74, 6) is -0.709. The number of ketones is 3. The van der Waals surface area contributed by atoms with Crippen LogP contribution in [0.25, 0.3) is 5.57 Å². The first-order chi connectivity index (χ1) is 21.2. The van der Waals surface area contributed by atoms with E-state index in [9.17, 15) is 14.4 Å². The van der Waals surface area contributed by atoms with Gasteiger partial charge >= 0.3 is 0 Å². The van der Waals surface area contributed by atoms with Crippen molar-refractivity contribution in [1.29, 1.82) is 0 Å². The fourth-order valence-electron chi connectivity index (χ4n) is 6.17. The van der Waals surface area contributed by atoms with Gasteiger partial charge in [0.05, 0.1) is 5.57 Å². The summed E-state index contributed by atoms with van der Waals surface area (Å²) in [4.78, 5) is 40.9. The van der Waals surface area contributed by atoms with Crippen molar-refractivity contribution in [1.82, 2.24) is 0 Å². The van der Waals surface area contributed by atoms with Crippen LogP contribution in [0.4, 0.5) is 0 Å². The van der Waals surface area contributed by atoms with Crippen molar-refractivity contribution in [3.63, 3.8) is 0 Å². The summed E-state index contributed by atoms with van der Waals surface area (Å²) in [6.07, 6.45) is 12.1. The van der Waals surface area contributed by atoms with E-state index in [-0.39, 0.29) is 29.2 Å².